The first-order valence-electron chi connectivity index (χ1n) is 6.27. The van der Waals surface area contributed by atoms with Gasteiger partial charge in [-0.3, -0.25) is 14.9 Å². The minimum absolute atomic E-state index is 0.00667. The summed E-state index contributed by atoms with van der Waals surface area (Å²) in [4.78, 5) is 28.2. The van der Waals surface area contributed by atoms with Gasteiger partial charge < -0.3 is 10.2 Å². The van der Waals surface area contributed by atoms with E-state index in [0.717, 1.165) is 25.9 Å². The van der Waals surface area contributed by atoms with Crippen molar-refractivity contribution < 1.29 is 9.72 Å². The lowest BCUT2D eigenvalue weighted by molar-refractivity contribution is -0.385. The molecule has 1 fully saturated rings. The molecule has 108 valence electrons. The van der Waals surface area contributed by atoms with Crippen molar-refractivity contribution in [1.29, 1.82) is 0 Å². The molecule has 1 atom stereocenters. The van der Waals surface area contributed by atoms with Gasteiger partial charge in [-0.2, -0.15) is 0 Å². The lowest BCUT2D eigenvalue weighted by Gasteiger charge is -2.30. The van der Waals surface area contributed by atoms with Crippen molar-refractivity contribution in [2.75, 3.05) is 20.1 Å². The molecule has 1 aliphatic heterocycles. The summed E-state index contributed by atoms with van der Waals surface area (Å²) in [5.41, 5.74) is -0.501. The molecule has 8 heteroatoms. The van der Waals surface area contributed by atoms with Crippen molar-refractivity contribution in [2.45, 2.75) is 18.9 Å². The third-order valence-electron chi connectivity index (χ3n) is 3.27. The molecule has 0 bridgehead atoms. The van der Waals surface area contributed by atoms with E-state index in [0.29, 0.717) is 0 Å². The van der Waals surface area contributed by atoms with Crippen molar-refractivity contribution in [3.8, 4) is 0 Å². The number of hydrogen-bond donors (Lipinski definition) is 1. The first-order chi connectivity index (χ1) is 9.49. The maximum atomic E-state index is 12.2. The summed E-state index contributed by atoms with van der Waals surface area (Å²) < 4.78 is 0. The normalized spacial score (nSPS) is 19.6. The molecule has 1 aliphatic rings. The first-order valence-corrected chi connectivity index (χ1v) is 6.65. The Morgan fingerprint density at radius 3 is 3.05 bits per heavy atom. The van der Waals surface area contributed by atoms with Crippen LogP contribution >= 0.6 is 11.6 Å². The highest BCUT2D eigenvalue weighted by molar-refractivity contribution is 6.32. The van der Waals surface area contributed by atoms with Gasteiger partial charge in [0.1, 0.15) is 5.56 Å². The molecule has 1 unspecified atom stereocenters. The number of carbonyl (C=O) groups excluding carboxylic acids is 1. The molecule has 7 nitrogen and oxygen atoms in total. The second-order valence-electron chi connectivity index (χ2n) is 4.83. The van der Waals surface area contributed by atoms with Crippen molar-refractivity contribution >= 4 is 23.2 Å². The molecule has 0 aliphatic carbocycles. The van der Waals surface area contributed by atoms with E-state index >= 15 is 0 Å². The predicted molar refractivity (Wildman–Crippen MR) is 73.9 cm³/mol. The lowest BCUT2D eigenvalue weighted by atomic mass is 10.1. The van der Waals surface area contributed by atoms with Crippen LogP contribution in [0.15, 0.2) is 12.3 Å². The molecule has 1 aromatic rings. The molecular formula is C12H15ClN4O3. The number of nitrogens with one attached hydrogen (secondary N) is 1. The van der Waals surface area contributed by atoms with Crippen LogP contribution in [0.4, 0.5) is 5.69 Å². The molecule has 2 rings (SSSR count). The maximum Gasteiger partial charge on any atom is 0.319 e. The quantitative estimate of drug-likeness (QED) is 0.518. The number of likely N-dealkylation sites (tertiary alicyclic amines) is 1. The largest absolute Gasteiger partial charge is 0.348 e. The highest BCUT2D eigenvalue weighted by atomic mass is 35.5. The predicted octanol–water partition coefficient (Wildman–Crippen LogP) is 1.47. The Morgan fingerprint density at radius 1 is 1.65 bits per heavy atom. The first kappa shape index (κ1) is 14.7. The number of nitrogens with zero attached hydrogens (tertiary/aromatic N) is 3. The zero-order chi connectivity index (χ0) is 14.7. The van der Waals surface area contributed by atoms with Crippen LogP contribution in [0.25, 0.3) is 0 Å². The maximum absolute atomic E-state index is 12.2. The monoisotopic (exact) mass is 298 g/mol. The SMILES string of the molecule is CN1CCCC(NC(=O)c2ccnc(Cl)c2[N+](=O)[O-])C1. The Kier molecular flexibility index (Phi) is 4.51. The number of likely N-dealkylation sites (N-methyl/N-ethyl adjacent to an activating group) is 1. The van der Waals surface area contributed by atoms with Crippen LogP contribution in [0, 0.1) is 10.1 Å². The van der Waals surface area contributed by atoms with Gasteiger partial charge >= 0.3 is 5.69 Å². The van der Waals surface area contributed by atoms with E-state index in [1.54, 1.807) is 0 Å². The Bertz CT molecular complexity index is 537. The molecule has 2 heterocycles. The average molecular weight is 299 g/mol. The Hall–Kier alpha value is -1.73. The van der Waals surface area contributed by atoms with Crippen molar-refractivity contribution in [1.82, 2.24) is 15.2 Å². The molecule has 1 amide bonds. The number of rotatable bonds is 3. The Balaban J connectivity index is 2.17. The van der Waals surface area contributed by atoms with Crippen molar-refractivity contribution in [3.05, 3.63) is 33.1 Å². The summed E-state index contributed by atoms with van der Waals surface area (Å²) >= 11 is 5.69. The van der Waals surface area contributed by atoms with E-state index in [1.807, 2.05) is 7.05 Å². The lowest BCUT2D eigenvalue weighted by Crippen LogP contribution is -2.46. The van der Waals surface area contributed by atoms with Crippen LogP contribution in [0.2, 0.25) is 5.15 Å². The molecule has 20 heavy (non-hydrogen) atoms. The summed E-state index contributed by atoms with van der Waals surface area (Å²) in [6, 6.07) is 1.30. The van der Waals surface area contributed by atoms with Crippen molar-refractivity contribution in [3.63, 3.8) is 0 Å². The summed E-state index contributed by atoms with van der Waals surface area (Å²) in [5.74, 6) is -0.485. The number of nitro groups is 1. The van der Waals surface area contributed by atoms with Gasteiger partial charge in [0.25, 0.3) is 5.91 Å². The third kappa shape index (κ3) is 3.23. The Labute approximate surface area is 121 Å². The van der Waals surface area contributed by atoms with E-state index in [9.17, 15) is 14.9 Å². The molecule has 0 spiro atoms. The van der Waals surface area contributed by atoms with Crippen LogP contribution in [0.5, 0.6) is 0 Å². The summed E-state index contributed by atoms with van der Waals surface area (Å²) in [6.45, 7) is 1.73. The minimum Gasteiger partial charge on any atom is -0.348 e. The number of carbonyl (C=O) groups is 1. The van der Waals surface area contributed by atoms with E-state index < -0.39 is 16.5 Å². The van der Waals surface area contributed by atoms with Crippen LogP contribution < -0.4 is 5.32 Å². The number of halogens is 1. The topological polar surface area (TPSA) is 88.4 Å². The van der Waals surface area contributed by atoms with Crippen LogP contribution in [0.1, 0.15) is 23.2 Å². The molecule has 0 saturated carbocycles. The van der Waals surface area contributed by atoms with Crippen molar-refractivity contribution in [2.24, 2.45) is 0 Å². The van der Waals surface area contributed by atoms with E-state index in [-0.39, 0.29) is 16.8 Å². The van der Waals surface area contributed by atoms with Gasteiger partial charge in [0, 0.05) is 18.8 Å². The van der Waals surface area contributed by atoms with Gasteiger partial charge in [-0.25, -0.2) is 4.98 Å². The molecule has 0 radical (unpaired) electrons. The number of aromatic nitrogens is 1. The Morgan fingerprint density at radius 2 is 2.40 bits per heavy atom. The highest BCUT2D eigenvalue weighted by Crippen LogP contribution is 2.26. The molecule has 1 aromatic heterocycles. The van der Waals surface area contributed by atoms with Gasteiger partial charge in [-0.05, 0) is 32.5 Å². The van der Waals surface area contributed by atoms with Gasteiger partial charge in [-0.15, -0.1) is 0 Å². The minimum atomic E-state index is -0.683. The standard InChI is InChI=1S/C12H15ClN4O3/c1-16-6-2-3-8(7-16)15-12(18)9-4-5-14-11(13)10(9)17(19)20/h4-5,8H,2-3,6-7H2,1H3,(H,15,18). The smallest absolute Gasteiger partial charge is 0.319 e. The zero-order valence-electron chi connectivity index (χ0n) is 11.0. The van der Waals surface area contributed by atoms with Gasteiger partial charge in [0.05, 0.1) is 4.92 Å². The number of amides is 1. The highest BCUT2D eigenvalue weighted by Gasteiger charge is 2.27. The molecule has 1 N–H and O–H groups in total. The van der Waals surface area contributed by atoms with Crippen LogP contribution in [-0.4, -0.2) is 46.9 Å². The van der Waals surface area contributed by atoms with Gasteiger partial charge in [-0.1, -0.05) is 11.6 Å². The van der Waals surface area contributed by atoms with Crippen LogP contribution in [-0.2, 0) is 0 Å². The van der Waals surface area contributed by atoms with Crippen LogP contribution in [0.3, 0.4) is 0 Å². The third-order valence-corrected chi connectivity index (χ3v) is 3.54. The molecule has 1 saturated heterocycles. The second kappa shape index (κ2) is 6.15. The van der Waals surface area contributed by atoms with E-state index in [2.05, 4.69) is 15.2 Å². The number of pyridine rings is 1. The fraction of sp³-hybridized carbons (Fsp3) is 0.500. The molecular weight excluding hydrogens is 284 g/mol. The second-order valence-corrected chi connectivity index (χ2v) is 5.19. The van der Waals surface area contributed by atoms with E-state index in [4.69, 9.17) is 11.6 Å². The summed E-state index contributed by atoms with van der Waals surface area (Å²) in [7, 11) is 1.98. The average Bonchev–Trinajstić information content (AvgIpc) is 2.37. The fourth-order valence-electron chi connectivity index (χ4n) is 2.33. The van der Waals surface area contributed by atoms with Gasteiger partial charge in [0.2, 0.25) is 5.15 Å². The molecule has 0 aromatic carbocycles. The number of hydrogen-bond acceptors (Lipinski definition) is 5. The van der Waals surface area contributed by atoms with E-state index in [1.165, 1.54) is 12.3 Å². The summed E-state index contributed by atoms with van der Waals surface area (Å²) in [5, 5.41) is 13.5. The fourth-order valence-corrected chi connectivity index (χ4v) is 2.56. The summed E-state index contributed by atoms with van der Waals surface area (Å²) in [6.07, 6.45) is 3.14. The zero-order valence-corrected chi connectivity index (χ0v) is 11.8. The van der Waals surface area contributed by atoms with Gasteiger partial charge in [0.15, 0.2) is 0 Å². The number of piperidine rings is 1.